The molecule has 1 rings (SSSR count). The summed E-state index contributed by atoms with van der Waals surface area (Å²) < 4.78 is 5.53. The lowest BCUT2D eigenvalue weighted by Crippen LogP contribution is -2.49. The lowest BCUT2D eigenvalue weighted by molar-refractivity contribution is -0.150. The van der Waals surface area contributed by atoms with E-state index in [2.05, 4.69) is 0 Å². The highest BCUT2D eigenvalue weighted by Crippen LogP contribution is 2.21. The van der Waals surface area contributed by atoms with Gasteiger partial charge in [-0.3, -0.25) is 9.59 Å². The Hall–Kier alpha value is -1.10. The molecule has 17 heavy (non-hydrogen) atoms. The fourth-order valence-corrected chi connectivity index (χ4v) is 2.17. The number of carboxylic acids is 1. The summed E-state index contributed by atoms with van der Waals surface area (Å²) in [6, 6.07) is 0. The third kappa shape index (κ3) is 4.00. The van der Waals surface area contributed by atoms with Crippen LogP contribution in [0.4, 0.5) is 0 Å². The largest absolute Gasteiger partial charge is 0.481 e. The van der Waals surface area contributed by atoms with Gasteiger partial charge in [0.2, 0.25) is 5.91 Å². The van der Waals surface area contributed by atoms with Gasteiger partial charge in [0.15, 0.2) is 0 Å². The summed E-state index contributed by atoms with van der Waals surface area (Å²) in [5.74, 6) is -1.24. The van der Waals surface area contributed by atoms with Crippen molar-refractivity contribution in [2.45, 2.75) is 39.2 Å². The van der Waals surface area contributed by atoms with E-state index in [4.69, 9.17) is 9.84 Å². The Balaban J connectivity index is 2.61. The van der Waals surface area contributed by atoms with Gasteiger partial charge in [0.25, 0.3) is 0 Å². The first-order valence-electron chi connectivity index (χ1n) is 6.00. The minimum absolute atomic E-state index is 0.0234. The van der Waals surface area contributed by atoms with Crippen molar-refractivity contribution in [3.8, 4) is 0 Å². The van der Waals surface area contributed by atoms with E-state index in [1.54, 1.807) is 4.90 Å². The minimum Gasteiger partial charge on any atom is -0.481 e. The molecule has 0 aromatic heterocycles. The Morgan fingerprint density at radius 3 is 2.76 bits per heavy atom. The zero-order valence-electron chi connectivity index (χ0n) is 10.7. The zero-order valence-corrected chi connectivity index (χ0v) is 10.7. The standard InChI is InChI=1S/C12H21NO4/c1-4-17-12(2,3)8-13-7-9(11(15)16)5-6-10(13)14/h9H,4-8H2,1-3H3,(H,15,16). The topological polar surface area (TPSA) is 66.8 Å². The van der Waals surface area contributed by atoms with Crippen molar-refractivity contribution < 1.29 is 19.4 Å². The van der Waals surface area contributed by atoms with E-state index < -0.39 is 17.5 Å². The average molecular weight is 243 g/mol. The highest BCUT2D eigenvalue weighted by molar-refractivity contribution is 5.80. The van der Waals surface area contributed by atoms with Gasteiger partial charge < -0.3 is 14.7 Å². The lowest BCUT2D eigenvalue weighted by atomic mass is 9.96. The lowest BCUT2D eigenvalue weighted by Gasteiger charge is -2.36. The molecule has 1 aliphatic heterocycles. The van der Waals surface area contributed by atoms with Crippen molar-refractivity contribution in [2.75, 3.05) is 19.7 Å². The third-order valence-corrected chi connectivity index (χ3v) is 2.96. The van der Waals surface area contributed by atoms with Gasteiger partial charge in [-0.25, -0.2) is 0 Å². The molecule has 1 aliphatic rings. The Kier molecular flexibility index (Phi) is 4.51. The molecule has 1 unspecified atom stereocenters. The van der Waals surface area contributed by atoms with Crippen LogP contribution >= 0.6 is 0 Å². The van der Waals surface area contributed by atoms with Crippen molar-refractivity contribution in [1.82, 2.24) is 4.90 Å². The second-order valence-corrected chi connectivity index (χ2v) is 5.04. The molecule has 1 fully saturated rings. The maximum absolute atomic E-state index is 11.7. The van der Waals surface area contributed by atoms with Gasteiger partial charge in [-0.1, -0.05) is 0 Å². The molecular weight excluding hydrogens is 222 g/mol. The van der Waals surface area contributed by atoms with Gasteiger partial charge in [-0.2, -0.15) is 0 Å². The number of carbonyl (C=O) groups excluding carboxylic acids is 1. The first-order chi connectivity index (χ1) is 7.85. The molecule has 0 aromatic carbocycles. The number of hydrogen-bond acceptors (Lipinski definition) is 3. The number of rotatable bonds is 5. The smallest absolute Gasteiger partial charge is 0.308 e. The first kappa shape index (κ1) is 14.0. The SMILES string of the molecule is CCOC(C)(C)CN1CC(C(=O)O)CCC1=O. The van der Waals surface area contributed by atoms with Gasteiger partial charge >= 0.3 is 5.97 Å². The van der Waals surface area contributed by atoms with Crippen LogP contribution in [0.3, 0.4) is 0 Å². The summed E-state index contributed by atoms with van der Waals surface area (Å²) in [4.78, 5) is 24.3. The Labute approximate surface area is 102 Å². The van der Waals surface area contributed by atoms with Crippen LogP contribution in [-0.4, -0.2) is 47.2 Å². The van der Waals surface area contributed by atoms with E-state index in [0.717, 1.165) is 0 Å². The second-order valence-electron chi connectivity index (χ2n) is 5.04. The second kappa shape index (κ2) is 5.49. The third-order valence-electron chi connectivity index (χ3n) is 2.96. The number of likely N-dealkylation sites (tertiary alicyclic amines) is 1. The van der Waals surface area contributed by atoms with E-state index in [9.17, 15) is 9.59 Å². The van der Waals surface area contributed by atoms with E-state index in [0.29, 0.717) is 32.5 Å². The fourth-order valence-electron chi connectivity index (χ4n) is 2.17. The van der Waals surface area contributed by atoms with Crippen LogP contribution in [0.1, 0.15) is 33.6 Å². The number of nitrogens with zero attached hydrogens (tertiary/aromatic N) is 1. The summed E-state index contributed by atoms with van der Waals surface area (Å²) in [7, 11) is 0. The highest BCUT2D eigenvalue weighted by Gasteiger charge is 2.33. The predicted octanol–water partition coefficient (Wildman–Crippen LogP) is 1.12. The van der Waals surface area contributed by atoms with E-state index in [1.165, 1.54) is 0 Å². The zero-order chi connectivity index (χ0) is 13.1. The molecule has 1 amide bonds. The summed E-state index contributed by atoms with van der Waals surface area (Å²) in [6.07, 6.45) is 0.763. The maximum Gasteiger partial charge on any atom is 0.308 e. The Morgan fingerprint density at radius 2 is 2.24 bits per heavy atom. The maximum atomic E-state index is 11.7. The molecule has 5 heteroatoms. The Bertz CT molecular complexity index is 301. The molecule has 0 spiro atoms. The molecular formula is C12H21NO4. The van der Waals surface area contributed by atoms with E-state index in [-0.39, 0.29) is 5.91 Å². The van der Waals surface area contributed by atoms with Crippen molar-refractivity contribution in [3.63, 3.8) is 0 Å². The number of ether oxygens (including phenoxy) is 1. The molecule has 0 radical (unpaired) electrons. The monoisotopic (exact) mass is 243 g/mol. The number of hydrogen-bond donors (Lipinski definition) is 1. The van der Waals surface area contributed by atoms with Crippen LogP contribution in [-0.2, 0) is 14.3 Å². The van der Waals surface area contributed by atoms with Crippen LogP contribution < -0.4 is 0 Å². The van der Waals surface area contributed by atoms with Crippen LogP contribution in [0.5, 0.6) is 0 Å². The molecule has 0 saturated carbocycles. The van der Waals surface area contributed by atoms with E-state index >= 15 is 0 Å². The number of amides is 1. The normalized spacial score (nSPS) is 21.7. The van der Waals surface area contributed by atoms with Crippen molar-refractivity contribution in [2.24, 2.45) is 5.92 Å². The molecule has 1 N–H and O–H groups in total. The van der Waals surface area contributed by atoms with Crippen LogP contribution in [0, 0.1) is 5.92 Å². The number of aliphatic carboxylic acids is 1. The van der Waals surface area contributed by atoms with Gasteiger partial charge in [0.05, 0.1) is 11.5 Å². The van der Waals surface area contributed by atoms with Crippen molar-refractivity contribution >= 4 is 11.9 Å². The molecule has 0 aliphatic carbocycles. The van der Waals surface area contributed by atoms with Crippen LogP contribution in [0.2, 0.25) is 0 Å². The Morgan fingerprint density at radius 1 is 1.59 bits per heavy atom. The molecule has 0 bridgehead atoms. The average Bonchev–Trinajstić information content (AvgIpc) is 2.20. The fraction of sp³-hybridized carbons (Fsp3) is 0.833. The van der Waals surface area contributed by atoms with Gasteiger partial charge in [-0.05, 0) is 27.2 Å². The summed E-state index contributed by atoms with van der Waals surface area (Å²) in [6.45, 7) is 7.05. The number of carbonyl (C=O) groups is 2. The minimum atomic E-state index is -0.822. The van der Waals surface area contributed by atoms with Crippen molar-refractivity contribution in [1.29, 1.82) is 0 Å². The molecule has 98 valence electrons. The van der Waals surface area contributed by atoms with Gasteiger partial charge in [-0.15, -0.1) is 0 Å². The summed E-state index contributed by atoms with van der Waals surface area (Å²) >= 11 is 0. The first-order valence-corrected chi connectivity index (χ1v) is 6.00. The number of piperidine rings is 1. The van der Waals surface area contributed by atoms with Crippen LogP contribution in [0.25, 0.3) is 0 Å². The number of carboxylic acid groups (broad SMARTS) is 1. The van der Waals surface area contributed by atoms with Gasteiger partial charge in [0.1, 0.15) is 0 Å². The highest BCUT2D eigenvalue weighted by atomic mass is 16.5. The summed E-state index contributed by atoms with van der Waals surface area (Å²) in [5.41, 5.74) is -0.426. The summed E-state index contributed by atoms with van der Waals surface area (Å²) in [5, 5.41) is 8.97. The quantitative estimate of drug-likeness (QED) is 0.786. The molecule has 1 saturated heterocycles. The van der Waals surface area contributed by atoms with Crippen molar-refractivity contribution in [3.05, 3.63) is 0 Å². The molecule has 1 heterocycles. The van der Waals surface area contributed by atoms with Crippen LogP contribution in [0.15, 0.2) is 0 Å². The van der Waals surface area contributed by atoms with Gasteiger partial charge in [0, 0.05) is 26.1 Å². The van der Waals surface area contributed by atoms with E-state index in [1.807, 2.05) is 20.8 Å². The molecule has 0 aromatic rings. The predicted molar refractivity (Wildman–Crippen MR) is 62.6 cm³/mol. The molecule has 5 nitrogen and oxygen atoms in total. The molecule has 1 atom stereocenters.